The van der Waals surface area contributed by atoms with E-state index in [0.717, 1.165) is 16.5 Å². The van der Waals surface area contributed by atoms with Gasteiger partial charge in [-0.05, 0) is 42.0 Å². The zero-order valence-electron chi connectivity index (χ0n) is 13.8. The van der Waals surface area contributed by atoms with Crippen LogP contribution in [0.25, 0.3) is 10.9 Å². The zero-order chi connectivity index (χ0) is 17.9. The summed E-state index contributed by atoms with van der Waals surface area (Å²) in [5, 5.41) is 5.27. The molecule has 26 heavy (non-hydrogen) atoms. The summed E-state index contributed by atoms with van der Waals surface area (Å²) in [6.07, 6.45) is 0. The number of carbonyl (C=O) groups excluding carboxylic acids is 1. The molecule has 5 heteroatoms. The number of ether oxygens (including phenoxy) is 1. The van der Waals surface area contributed by atoms with Crippen molar-refractivity contribution in [2.45, 2.75) is 6.54 Å². The maximum absolute atomic E-state index is 13.1. The summed E-state index contributed by atoms with van der Waals surface area (Å²) in [7, 11) is 0. The number of rotatable bonds is 4. The Morgan fingerprint density at radius 3 is 2.38 bits per heavy atom. The van der Waals surface area contributed by atoms with E-state index in [4.69, 9.17) is 4.74 Å². The summed E-state index contributed by atoms with van der Waals surface area (Å²) >= 11 is 0. The highest BCUT2D eigenvalue weighted by Gasteiger charge is 2.17. The number of benzene rings is 3. The number of esters is 1. The lowest BCUT2D eigenvalue weighted by molar-refractivity contribution is 0.0721. The Kier molecular flexibility index (Phi) is 4.19. The van der Waals surface area contributed by atoms with E-state index in [2.05, 4.69) is 5.10 Å². The van der Waals surface area contributed by atoms with Gasteiger partial charge in [-0.3, -0.25) is 0 Å². The second-order valence-electron chi connectivity index (χ2n) is 5.86. The van der Waals surface area contributed by atoms with Crippen LogP contribution in [0.3, 0.4) is 0 Å². The van der Waals surface area contributed by atoms with Gasteiger partial charge in [0.1, 0.15) is 5.82 Å². The van der Waals surface area contributed by atoms with Crippen LogP contribution in [0, 0.1) is 5.82 Å². The standard InChI is InChI=1S/C21H15FN2O2/c22-17-12-10-15(11-13-17)14-24-20(18-8-4-5-9-19(18)23-24)26-21(25)16-6-2-1-3-7-16/h1-13H,14H2. The Hall–Kier alpha value is -3.47. The number of halogens is 1. The molecule has 1 heterocycles. The highest BCUT2D eigenvalue weighted by molar-refractivity contribution is 5.94. The number of aromatic nitrogens is 2. The lowest BCUT2D eigenvalue weighted by Gasteiger charge is -2.09. The zero-order valence-corrected chi connectivity index (χ0v) is 13.8. The minimum atomic E-state index is -0.448. The first kappa shape index (κ1) is 16.0. The minimum Gasteiger partial charge on any atom is -0.403 e. The molecule has 0 fully saturated rings. The third-order valence-electron chi connectivity index (χ3n) is 4.04. The monoisotopic (exact) mass is 346 g/mol. The van der Waals surface area contributed by atoms with Crippen LogP contribution in [0.4, 0.5) is 4.39 Å². The summed E-state index contributed by atoms with van der Waals surface area (Å²) in [5.74, 6) is -0.370. The van der Waals surface area contributed by atoms with Crippen molar-refractivity contribution < 1.29 is 13.9 Å². The van der Waals surface area contributed by atoms with Crippen molar-refractivity contribution in [2.75, 3.05) is 0 Å². The lowest BCUT2D eigenvalue weighted by Crippen LogP contribution is -2.13. The highest BCUT2D eigenvalue weighted by atomic mass is 19.1. The van der Waals surface area contributed by atoms with Crippen molar-refractivity contribution in [1.82, 2.24) is 9.78 Å². The maximum Gasteiger partial charge on any atom is 0.344 e. The van der Waals surface area contributed by atoms with Gasteiger partial charge in [0.15, 0.2) is 0 Å². The second kappa shape index (κ2) is 6.80. The fraction of sp³-hybridized carbons (Fsp3) is 0.0476. The van der Waals surface area contributed by atoms with E-state index in [1.807, 2.05) is 30.3 Å². The largest absolute Gasteiger partial charge is 0.403 e. The highest BCUT2D eigenvalue weighted by Crippen LogP contribution is 2.27. The van der Waals surface area contributed by atoms with Gasteiger partial charge in [0.05, 0.1) is 23.0 Å². The van der Waals surface area contributed by atoms with Gasteiger partial charge in [0, 0.05) is 0 Å². The quantitative estimate of drug-likeness (QED) is 0.513. The molecule has 4 aromatic rings. The molecule has 3 aromatic carbocycles. The molecule has 128 valence electrons. The topological polar surface area (TPSA) is 44.1 Å². The molecule has 1 aromatic heterocycles. The molecule has 4 rings (SSSR count). The van der Waals surface area contributed by atoms with E-state index < -0.39 is 5.97 Å². The van der Waals surface area contributed by atoms with Crippen LogP contribution < -0.4 is 4.74 Å². The Morgan fingerprint density at radius 1 is 0.923 bits per heavy atom. The predicted octanol–water partition coefficient (Wildman–Crippen LogP) is 4.44. The van der Waals surface area contributed by atoms with Crippen molar-refractivity contribution in [1.29, 1.82) is 0 Å². The van der Waals surface area contributed by atoms with Crippen LogP contribution in [0.5, 0.6) is 5.88 Å². The smallest absolute Gasteiger partial charge is 0.344 e. The van der Waals surface area contributed by atoms with Crippen LogP contribution in [-0.2, 0) is 6.54 Å². The first-order valence-corrected chi connectivity index (χ1v) is 8.18. The Labute approximate surface area is 149 Å². The molecule has 4 nitrogen and oxygen atoms in total. The predicted molar refractivity (Wildman–Crippen MR) is 96.6 cm³/mol. The van der Waals surface area contributed by atoms with Crippen LogP contribution in [0.15, 0.2) is 78.9 Å². The Morgan fingerprint density at radius 2 is 1.62 bits per heavy atom. The molecule has 0 amide bonds. The van der Waals surface area contributed by atoms with E-state index in [-0.39, 0.29) is 5.82 Å². The number of carbonyl (C=O) groups is 1. The summed E-state index contributed by atoms with van der Waals surface area (Å²) in [6.45, 7) is 0.367. The number of fused-ring (bicyclic) bond motifs is 1. The van der Waals surface area contributed by atoms with Gasteiger partial charge in [-0.25, -0.2) is 13.9 Å². The molecule has 0 atom stereocenters. The maximum atomic E-state index is 13.1. The summed E-state index contributed by atoms with van der Waals surface area (Å²) in [4.78, 5) is 12.5. The van der Waals surface area contributed by atoms with Gasteiger partial charge in [-0.15, -0.1) is 0 Å². The van der Waals surface area contributed by atoms with Gasteiger partial charge in [0.2, 0.25) is 5.88 Å². The Bertz CT molecular complexity index is 1060. The Balaban J connectivity index is 1.72. The molecule has 0 unspecified atom stereocenters. The fourth-order valence-electron chi connectivity index (χ4n) is 2.75. The summed E-state index contributed by atoms with van der Waals surface area (Å²) < 4.78 is 20.4. The molecule has 0 saturated heterocycles. The van der Waals surface area contributed by atoms with Crippen LogP contribution >= 0.6 is 0 Å². The lowest BCUT2D eigenvalue weighted by atomic mass is 10.2. The summed E-state index contributed by atoms with van der Waals surface area (Å²) in [6, 6.07) is 22.4. The van der Waals surface area contributed by atoms with E-state index in [9.17, 15) is 9.18 Å². The van der Waals surface area contributed by atoms with Crippen molar-refractivity contribution >= 4 is 16.9 Å². The first-order valence-electron chi connectivity index (χ1n) is 8.18. The van der Waals surface area contributed by atoms with E-state index >= 15 is 0 Å². The van der Waals surface area contributed by atoms with Gasteiger partial charge in [-0.1, -0.05) is 42.5 Å². The first-order chi connectivity index (χ1) is 12.7. The van der Waals surface area contributed by atoms with Crippen molar-refractivity contribution in [3.05, 3.63) is 95.8 Å². The number of nitrogens with zero attached hydrogens (tertiary/aromatic N) is 2. The molecule has 0 aliphatic heterocycles. The molecule has 0 aliphatic rings. The molecular formula is C21H15FN2O2. The third kappa shape index (κ3) is 3.19. The molecule has 0 N–H and O–H groups in total. The number of hydrogen-bond acceptors (Lipinski definition) is 3. The molecular weight excluding hydrogens is 331 g/mol. The third-order valence-corrected chi connectivity index (χ3v) is 4.04. The van der Waals surface area contributed by atoms with Gasteiger partial charge in [-0.2, -0.15) is 5.10 Å². The van der Waals surface area contributed by atoms with Gasteiger partial charge >= 0.3 is 5.97 Å². The second-order valence-corrected chi connectivity index (χ2v) is 5.86. The summed E-state index contributed by atoms with van der Waals surface area (Å²) in [5.41, 5.74) is 2.05. The van der Waals surface area contributed by atoms with Crippen molar-refractivity contribution in [3.8, 4) is 5.88 Å². The van der Waals surface area contributed by atoms with E-state index in [0.29, 0.717) is 18.0 Å². The molecule has 0 radical (unpaired) electrons. The van der Waals surface area contributed by atoms with Crippen LogP contribution in [0.1, 0.15) is 15.9 Å². The van der Waals surface area contributed by atoms with Gasteiger partial charge < -0.3 is 4.74 Å². The average molecular weight is 346 g/mol. The molecule has 0 saturated carbocycles. The van der Waals surface area contributed by atoms with E-state index in [1.54, 1.807) is 41.1 Å². The average Bonchev–Trinajstić information content (AvgIpc) is 3.01. The molecule has 0 bridgehead atoms. The van der Waals surface area contributed by atoms with E-state index in [1.165, 1.54) is 12.1 Å². The van der Waals surface area contributed by atoms with Crippen molar-refractivity contribution in [2.24, 2.45) is 0 Å². The number of hydrogen-bond donors (Lipinski definition) is 0. The SMILES string of the molecule is O=C(Oc1c2ccccc2nn1Cc1ccc(F)cc1)c1ccccc1. The van der Waals surface area contributed by atoms with Gasteiger partial charge in [0.25, 0.3) is 0 Å². The molecule has 0 spiro atoms. The minimum absolute atomic E-state index is 0.296. The van der Waals surface area contributed by atoms with Crippen molar-refractivity contribution in [3.63, 3.8) is 0 Å². The van der Waals surface area contributed by atoms with Crippen LogP contribution in [0.2, 0.25) is 0 Å². The molecule has 0 aliphatic carbocycles. The van der Waals surface area contributed by atoms with Crippen LogP contribution in [-0.4, -0.2) is 15.7 Å². The normalized spacial score (nSPS) is 10.8. The fourth-order valence-corrected chi connectivity index (χ4v) is 2.75.